The number of halogens is 1. The standard InChI is InChI=1S/C26H23IN2O/c1-16-10-12-17(13-11-16)18-14-23-25(24(30)15-18)26(19-6-2-3-7-20(19)27)29-22-9-5-4-8-21(22)28-23/h2-13,18,26,28-29H,14-15H2,1H3/t18-,26+/m0/s1. The van der Waals surface area contributed by atoms with Gasteiger partial charge < -0.3 is 10.6 Å². The van der Waals surface area contributed by atoms with Crippen LogP contribution in [0.25, 0.3) is 0 Å². The Balaban J connectivity index is 1.62. The highest BCUT2D eigenvalue weighted by atomic mass is 127. The first kappa shape index (κ1) is 19.4. The van der Waals surface area contributed by atoms with Crippen LogP contribution in [0.3, 0.4) is 0 Å². The average molecular weight is 506 g/mol. The second-order valence-electron chi connectivity index (χ2n) is 8.10. The minimum absolute atomic E-state index is 0.157. The maximum atomic E-state index is 13.5. The summed E-state index contributed by atoms with van der Waals surface area (Å²) in [5.41, 5.74) is 7.58. The molecule has 30 heavy (non-hydrogen) atoms. The first-order chi connectivity index (χ1) is 14.6. The Morgan fingerprint density at radius 3 is 2.33 bits per heavy atom. The molecule has 3 nitrogen and oxygen atoms in total. The Bertz CT molecular complexity index is 1150. The minimum Gasteiger partial charge on any atom is -0.372 e. The van der Waals surface area contributed by atoms with E-state index in [0.717, 1.165) is 38.2 Å². The summed E-state index contributed by atoms with van der Waals surface area (Å²) in [6.07, 6.45) is 1.38. The number of benzene rings is 3. The van der Waals surface area contributed by atoms with Crippen molar-refractivity contribution in [3.05, 3.63) is 104 Å². The molecule has 1 aliphatic heterocycles. The molecule has 4 heteroatoms. The molecule has 0 unspecified atom stereocenters. The van der Waals surface area contributed by atoms with Gasteiger partial charge in [-0.25, -0.2) is 0 Å². The molecule has 0 spiro atoms. The van der Waals surface area contributed by atoms with Gasteiger partial charge in [-0.2, -0.15) is 0 Å². The van der Waals surface area contributed by atoms with E-state index in [0.29, 0.717) is 6.42 Å². The molecule has 1 heterocycles. The third kappa shape index (κ3) is 3.54. The predicted octanol–water partition coefficient (Wildman–Crippen LogP) is 6.58. The zero-order chi connectivity index (χ0) is 20.7. The summed E-state index contributed by atoms with van der Waals surface area (Å²) in [6.45, 7) is 2.10. The second kappa shape index (κ2) is 7.91. The number of para-hydroxylation sites is 2. The fourth-order valence-electron chi connectivity index (χ4n) is 4.51. The van der Waals surface area contributed by atoms with Crippen LogP contribution in [0.5, 0.6) is 0 Å². The number of anilines is 2. The van der Waals surface area contributed by atoms with Gasteiger partial charge in [0.1, 0.15) is 0 Å². The van der Waals surface area contributed by atoms with Crippen LogP contribution in [0.2, 0.25) is 0 Å². The van der Waals surface area contributed by atoms with Gasteiger partial charge >= 0.3 is 0 Å². The van der Waals surface area contributed by atoms with Crippen LogP contribution in [0.4, 0.5) is 11.4 Å². The number of fused-ring (bicyclic) bond motifs is 1. The molecule has 3 aromatic carbocycles. The number of hydrogen-bond acceptors (Lipinski definition) is 3. The minimum atomic E-state index is -0.157. The normalized spacial score (nSPS) is 20.5. The molecule has 0 saturated heterocycles. The van der Waals surface area contributed by atoms with Crippen molar-refractivity contribution in [2.75, 3.05) is 10.6 Å². The lowest BCUT2D eigenvalue weighted by atomic mass is 9.78. The molecular formula is C26H23IN2O. The third-order valence-corrected chi connectivity index (χ3v) is 7.06. The summed E-state index contributed by atoms with van der Waals surface area (Å²) in [4.78, 5) is 13.5. The smallest absolute Gasteiger partial charge is 0.163 e. The molecule has 0 amide bonds. The number of allylic oxidation sites excluding steroid dienone is 1. The summed E-state index contributed by atoms with van der Waals surface area (Å²) in [5, 5.41) is 7.28. The fraction of sp³-hybridized carbons (Fsp3) is 0.192. The fourth-order valence-corrected chi connectivity index (χ4v) is 5.21. The highest BCUT2D eigenvalue weighted by molar-refractivity contribution is 14.1. The summed E-state index contributed by atoms with van der Waals surface area (Å²) in [5.74, 6) is 0.421. The molecule has 5 rings (SSSR count). The van der Waals surface area contributed by atoms with Gasteiger partial charge in [0.25, 0.3) is 0 Å². The Kier molecular flexibility index (Phi) is 5.11. The highest BCUT2D eigenvalue weighted by Crippen LogP contribution is 2.44. The van der Waals surface area contributed by atoms with E-state index in [1.165, 1.54) is 11.1 Å². The number of aryl methyl sites for hydroxylation is 1. The first-order valence-corrected chi connectivity index (χ1v) is 11.4. The first-order valence-electron chi connectivity index (χ1n) is 10.3. The van der Waals surface area contributed by atoms with Crippen LogP contribution >= 0.6 is 22.6 Å². The van der Waals surface area contributed by atoms with Crippen molar-refractivity contribution in [1.29, 1.82) is 0 Å². The van der Waals surface area contributed by atoms with Gasteiger partial charge in [-0.1, -0.05) is 60.2 Å². The maximum absolute atomic E-state index is 13.5. The molecule has 150 valence electrons. The molecule has 2 atom stereocenters. The molecular weight excluding hydrogens is 483 g/mol. The van der Waals surface area contributed by atoms with E-state index in [2.05, 4.69) is 88.7 Å². The number of hydrogen-bond donors (Lipinski definition) is 2. The number of rotatable bonds is 2. The molecule has 3 aromatic rings. The van der Waals surface area contributed by atoms with Crippen molar-refractivity contribution in [2.24, 2.45) is 0 Å². The van der Waals surface area contributed by atoms with Crippen LogP contribution in [0.1, 0.15) is 41.5 Å². The number of ketones is 1. The zero-order valence-corrected chi connectivity index (χ0v) is 18.9. The van der Waals surface area contributed by atoms with Crippen molar-refractivity contribution < 1.29 is 4.79 Å². The van der Waals surface area contributed by atoms with E-state index in [9.17, 15) is 4.79 Å². The molecule has 2 aliphatic rings. The number of nitrogens with one attached hydrogen (secondary N) is 2. The van der Waals surface area contributed by atoms with Crippen LogP contribution in [0.15, 0.2) is 84.1 Å². The topological polar surface area (TPSA) is 41.1 Å². The number of carbonyl (C=O) groups excluding carboxylic acids is 1. The van der Waals surface area contributed by atoms with E-state index in [1.807, 2.05) is 24.3 Å². The molecule has 0 bridgehead atoms. The van der Waals surface area contributed by atoms with Crippen LogP contribution < -0.4 is 10.6 Å². The Morgan fingerprint density at radius 1 is 0.867 bits per heavy atom. The van der Waals surface area contributed by atoms with Gasteiger partial charge in [-0.15, -0.1) is 0 Å². The summed E-state index contributed by atoms with van der Waals surface area (Å²) < 4.78 is 1.16. The Hall–Kier alpha value is -2.60. The molecule has 2 N–H and O–H groups in total. The molecule has 1 aliphatic carbocycles. The Morgan fingerprint density at radius 2 is 1.57 bits per heavy atom. The highest BCUT2D eigenvalue weighted by Gasteiger charge is 2.36. The van der Waals surface area contributed by atoms with Crippen molar-refractivity contribution >= 4 is 39.7 Å². The third-order valence-electron chi connectivity index (χ3n) is 6.07. The van der Waals surface area contributed by atoms with Gasteiger partial charge in [-0.3, -0.25) is 4.79 Å². The zero-order valence-electron chi connectivity index (χ0n) is 16.8. The molecule has 0 aromatic heterocycles. The molecule has 0 saturated carbocycles. The van der Waals surface area contributed by atoms with Gasteiger partial charge in [0, 0.05) is 21.3 Å². The second-order valence-corrected chi connectivity index (χ2v) is 9.26. The van der Waals surface area contributed by atoms with Crippen molar-refractivity contribution in [3.63, 3.8) is 0 Å². The summed E-state index contributed by atoms with van der Waals surface area (Å²) in [6, 6.07) is 25.0. The van der Waals surface area contributed by atoms with Crippen molar-refractivity contribution in [1.82, 2.24) is 0 Å². The summed E-state index contributed by atoms with van der Waals surface area (Å²) in [7, 11) is 0. The van der Waals surface area contributed by atoms with Crippen LogP contribution in [0, 0.1) is 10.5 Å². The lowest BCUT2D eigenvalue weighted by Crippen LogP contribution is -2.27. The van der Waals surface area contributed by atoms with Crippen LogP contribution in [-0.2, 0) is 4.79 Å². The number of carbonyl (C=O) groups is 1. The quantitative estimate of drug-likeness (QED) is 0.386. The number of Topliss-reactive ketones (excluding diaryl/α,β-unsaturated/α-hetero) is 1. The predicted molar refractivity (Wildman–Crippen MR) is 131 cm³/mol. The van der Waals surface area contributed by atoms with Gasteiger partial charge in [0.15, 0.2) is 5.78 Å². The van der Waals surface area contributed by atoms with Crippen LogP contribution in [-0.4, -0.2) is 5.78 Å². The van der Waals surface area contributed by atoms with Crippen molar-refractivity contribution in [3.8, 4) is 0 Å². The Labute approximate surface area is 190 Å². The van der Waals surface area contributed by atoms with Gasteiger partial charge in [0.2, 0.25) is 0 Å². The SMILES string of the molecule is Cc1ccc([C@@H]2CC(=O)C3=C(C2)Nc2ccccc2N[C@@H]3c2ccccc2I)cc1. The van der Waals surface area contributed by atoms with E-state index >= 15 is 0 Å². The van der Waals surface area contributed by atoms with E-state index in [1.54, 1.807) is 0 Å². The van der Waals surface area contributed by atoms with Crippen molar-refractivity contribution in [2.45, 2.75) is 31.7 Å². The molecule has 0 radical (unpaired) electrons. The largest absolute Gasteiger partial charge is 0.372 e. The summed E-state index contributed by atoms with van der Waals surface area (Å²) >= 11 is 2.37. The lowest BCUT2D eigenvalue weighted by Gasteiger charge is -2.30. The maximum Gasteiger partial charge on any atom is 0.163 e. The van der Waals surface area contributed by atoms with E-state index < -0.39 is 0 Å². The molecule has 0 fully saturated rings. The monoisotopic (exact) mass is 506 g/mol. The van der Waals surface area contributed by atoms with Gasteiger partial charge in [0.05, 0.1) is 17.4 Å². The van der Waals surface area contributed by atoms with Gasteiger partial charge in [-0.05, 0) is 71.2 Å². The average Bonchev–Trinajstić information content (AvgIpc) is 2.91. The van der Waals surface area contributed by atoms with E-state index in [4.69, 9.17) is 0 Å². The van der Waals surface area contributed by atoms with E-state index in [-0.39, 0.29) is 17.7 Å². The lowest BCUT2D eigenvalue weighted by molar-refractivity contribution is -0.116.